The maximum absolute atomic E-state index is 12.0. The Kier molecular flexibility index (Phi) is 5.12. The van der Waals surface area contributed by atoms with E-state index in [1.54, 1.807) is 0 Å². The molecule has 2 unspecified atom stereocenters. The maximum atomic E-state index is 12.0. The fraction of sp³-hybridized carbons (Fsp3) is 0.875. The Labute approximate surface area is 128 Å². The number of piperidine rings is 1. The minimum Gasteiger partial charge on any atom is -0.466 e. The number of likely N-dealkylation sites (tertiary alicyclic amines) is 1. The molecule has 0 aromatic heterocycles. The van der Waals surface area contributed by atoms with Crippen LogP contribution in [0.4, 0.5) is 0 Å². The number of carbonyl (C=O) groups excluding carboxylic acids is 1. The number of hydrogen-bond acceptors (Lipinski definition) is 3. The lowest BCUT2D eigenvalue weighted by Gasteiger charge is -2.34. The SMILES string of the molecule is CCN=C(NC1CC1(C)C)N1CCCC(C(=O)OCC)C1. The first-order chi connectivity index (χ1) is 9.97. The van der Waals surface area contributed by atoms with Gasteiger partial charge in [0.25, 0.3) is 0 Å². The molecule has 0 spiro atoms. The second-order valence-corrected chi connectivity index (χ2v) is 6.72. The Morgan fingerprint density at radius 1 is 1.43 bits per heavy atom. The van der Waals surface area contributed by atoms with Crippen LogP contribution in [0.5, 0.6) is 0 Å². The van der Waals surface area contributed by atoms with Crippen molar-refractivity contribution in [1.82, 2.24) is 10.2 Å². The lowest BCUT2D eigenvalue weighted by molar-refractivity contribution is -0.149. The summed E-state index contributed by atoms with van der Waals surface area (Å²) in [5, 5.41) is 3.57. The molecule has 5 nitrogen and oxygen atoms in total. The van der Waals surface area contributed by atoms with Gasteiger partial charge >= 0.3 is 5.97 Å². The molecule has 1 saturated carbocycles. The quantitative estimate of drug-likeness (QED) is 0.490. The minimum absolute atomic E-state index is 0.0187. The number of carbonyl (C=O) groups is 1. The monoisotopic (exact) mass is 295 g/mol. The van der Waals surface area contributed by atoms with E-state index in [4.69, 9.17) is 4.74 Å². The average molecular weight is 295 g/mol. The summed E-state index contributed by atoms with van der Waals surface area (Å²) < 4.78 is 5.17. The van der Waals surface area contributed by atoms with Gasteiger partial charge in [0.2, 0.25) is 0 Å². The Balaban J connectivity index is 1.96. The summed E-state index contributed by atoms with van der Waals surface area (Å²) in [6.07, 6.45) is 3.12. The average Bonchev–Trinajstić information content (AvgIpc) is 3.06. The molecule has 2 fully saturated rings. The van der Waals surface area contributed by atoms with Crippen LogP contribution < -0.4 is 5.32 Å². The van der Waals surface area contributed by atoms with Gasteiger partial charge in [0.1, 0.15) is 0 Å². The molecule has 1 heterocycles. The third kappa shape index (κ3) is 4.11. The molecule has 2 rings (SSSR count). The Morgan fingerprint density at radius 2 is 2.14 bits per heavy atom. The van der Waals surface area contributed by atoms with Gasteiger partial charge in [0.15, 0.2) is 5.96 Å². The zero-order chi connectivity index (χ0) is 15.5. The first-order valence-corrected chi connectivity index (χ1v) is 8.20. The molecule has 0 bridgehead atoms. The van der Waals surface area contributed by atoms with Gasteiger partial charge in [0, 0.05) is 25.7 Å². The Bertz CT molecular complexity index is 406. The predicted molar refractivity (Wildman–Crippen MR) is 84.2 cm³/mol. The second kappa shape index (κ2) is 6.67. The van der Waals surface area contributed by atoms with Crippen LogP contribution in [0.25, 0.3) is 0 Å². The molecular weight excluding hydrogens is 266 g/mol. The topological polar surface area (TPSA) is 53.9 Å². The van der Waals surface area contributed by atoms with Gasteiger partial charge in [-0.2, -0.15) is 0 Å². The number of ether oxygens (including phenoxy) is 1. The zero-order valence-electron chi connectivity index (χ0n) is 13.8. The first kappa shape index (κ1) is 16.1. The summed E-state index contributed by atoms with van der Waals surface area (Å²) in [5.41, 5.74) is 0.366. The Morgan fingerprint density at radius 3 is 2.71 bits per heavy atom. The van der Waals surface area contributed by atoms with Crippen LogP contribution in [0, 0.1) is 11.3 Å². The van der Waals surface area contributed by atoms with Crippen LogP contribution >= 0.6 is 0 Å². The van der Waals surface area contributed by atoms with Gasteiger partial charge < -0.3 is 15.0 Å². The van der Waals surface area contributed by atoms with E-state index < -0.39 is 0 Å². The fourth-order valence-corrected chi connectivity index (χ4v) is 2.88. The van der Waals surface area contributed by atoms with Crippen molar-refractivity contribution in [2.75, 3.05) is 26.2 Å². The van der Waals surface area contributed by atoms with Crippen molar-refractivity contribution < 1.29 is 9.53 Å². The molecule has 0 aromatic carbocycles. The smallest absolute Gasteiger partial charge is 0.310 e. The molecule has 5 heteroatoms. The first-order valence-electron chi connectivity index (χ1n) is 8.20. The molecule has 1 saturated heterocycles. The van der Waals surface area contributed by atoms with E-state index in [0.29, 0.717) is 18.1 Å². The molecule has 1 aliphatic heterocycles. The van der Waals surface area contributed by atoms with Crippen LogP contribution in [-0.2, 0) is 9.53 Å². The number of rotatable bonds is 4. The van der Waals surface area contributed by atoms with Gasteiger partial charge in [-0.3, -0.25) is 9.79 Å². The molecule has 1 aliphatic carbocycles. The van der Waals surface area contributed by atoms with Crippen molar-refractivity contribution in [1.29, 1.82) is 0 Å². The number of nitrogens with zero attached hydrogens (tertiary/aromatic N) is 2. The molecule has 0 radical (unpaired) electrons. The van der Waals surface area contributed by atoms with Gasteiger partial charge in [-0.15, -0.1) is 0 Å². The van der Waals surface area contributed by atoms with Crippen LogP contribution in [0.15, 0.2) is 4.99 Å². The number of aliphatic imine (C=N–C) groups is 1. The van der Waals surface area contributed by atoms with Crippen LogP contribution in [0.1, 0.15) is 47.0 Å². The maximum Gasteiger partial charge on any atom is 0.310 e. The molecular formula is C16H29N3O2. The third-order valence-corrected chi connectivity index (χ3v) is 4.47. The fourth-order valence-electron chi connectivity index (χ4n) is 2.88. The van der Waals surface area contributed by atoms with Gasteiger partial charge in [0.05, 0.1) is 12.5 Å². The molecule has 120 valence electrons. The van der Waals surface area contributed by atoms with Crippen molar-refractivity contribution in [3.63, 3.8) is 0 Å². The van der Waals surface area contributed by atoms with Crippen molar-refractivity contribution in [3.05, 3.63) is 0 Å². The van der Waals surface area contributed by atoms with Gasteiger partial charge in [-0.25, -0.2) is 0 Å². The van der Waals surface area contributed by atoms with Crippen LogP contribution in [0.3, 0.4) is 0 Å². The van der Waals surface area contributed by atoms with Crippen molar-refractivity contribution in [2.24, 2.45) is 16.3 Å². The van der Waals surface area contributed by atoms with E-state index in [0.717, 1.165) is 38.4 Å². The second-order valence-electron chi connectivity index (χ2n) is 6.72. The lowest BCUT2D eigenvalue weighted by Crippen LogP contribution is -2.49. The van der Waals surface area contributed by atoms with E-state index in [9.17, 15) is 4.79 Å². The highest BCUT2D eigenvalue weighted by Crippen LogP contribution is 2.44. The summed E-state index contributed by atoms with van der Waals surface area (Å²) in [7, 11) is 0. The summed E-state index contributed by atoms with van der Waals surface area (Å²) in [4.78, 5) is 18.8. The highest BCUT2D eigenvalue weighted by Gasteiger charge is 2.46. The predicted octanol–water partition coefficient (Wildman–Crippen LogP) is 2.03. The van der Waals surface area contributed by atoms with E-state index in [1.165, 1.54) is 6.42 Å². The Hall–Kier alpha value is -1.26. The van der Waals surface area contributed by atoms with Crippen LogP contribution in [-0.4, -0.2) is 49.1 Å². The lowest BCUT2D eigenvalue weighted by atomic mass is 9.98. The van der Waals surface area contributed by atoms with Crippen molar-refractivity contribution >= 4 is 11.9 Å². The number of esters is 1. The van der Waals surface area contributed by atoms with Crippen molar-refractivity contribution in [2.45, 2.75) is 53.0 Å². The largest absolute Gasteiger partial charge is 0.466 e. The van der Waals surface area contributed by atoms with Gasteiger partial charge in [-0.1, -0.05) is 13.8 Å². The number of hydrogen-bond donors (Lipinski definition) is 1. The molecule has 2 atom stereocenters. The molecule has 0 aromatic rings. The molecule has 21 heavy (non-hydrogen) atoms. The molecule has 0 amide bonds. The standard InChI is InChI=1S/C16H29N3O2/c1-5-17-15(18-13-10-16(13,3)4)19-9-7-8-12(11-19)14(20)21-6-2/h12-13H,5-11H2,1-4H3,(H,17,18). The highest BCUT2D eigenvalue weighted by molar-refractivity contribution is 5.82. The van der Waals surface area contributed by atoms with E-state index >= 15 is 0 Å². The summed E-state index contributed by atoms with van der Waals surface area (Å²) in [6.45, 7) is 11.4. The van der Waals surface area contributed by atoms with Crippen LogP contribution in [0.2, 0.25) is 0 Å². The molecule has 2 aliphatic rings. The summed E-state index contributed by atoms with van der Waals surface area (Å²) >= 11 is 0. The number of guanidine groups is 1. The van der Waals surface area contributed by atoms with E-state index in [1.807, 2.05) is 13.8 Å². The third-order valence-electron chi connectivity index (χ3n) is 4.47. The van der Waals surface area contributed by atoms with Gasteiger partial charge in [-0.05, 0) is 38.5 Å². The minimum atomic E-state index is -0.0650. The van der Waals surface area contributed by atoms with E-state index in [-0.39, 0.29) is 11.9 Å². The number of nitrogens with one attached hydrogen (secondary N) is 1. The normalized spacial score (nSPS) is 28.2. The highest BCUT2D eigenvalue weighted by atomic mass is 16.5. The van der Waals surface area contributed by atoms with E-state index in [2.05, 4.69) is 29.1 Å². The van der Waals surface area contributed by atoms with Crippen molar-refractivity contribution in [3.8, 4) is 0 Å². The summed E-state index contributed by atoms with van der Waals surface area (Å²) in [5.74, 6) is 0.877. The summed E-state index contributed by atoms with van der Waals surface area (Å²) in [6, 6.07) is 0.505. The zero-order valence-corrected chi connectivity index (χ0v) is 13.8. The molecule has 1 N–H and O–H groups in total.